The molecule has 1 aliphatic heterocycles. The number of rotatable bonds is 0. The van der Waals surface area contributed by atoms with Crippen LogP contribution in [0.1, 0.15) is 18.6 Å². The highest BCUT2D eigenvalue weighted by atomic mass is 15.6. The predicted molar refractivity (Wildman–Crippen MR) is 45.7 cm³/mol. The number of aryl methyl sites for hydroxylation is 1. The van der Waals surface area contributed by atoms with Gasteiger partial charge in [-0.1, -0.05) is 0 Å². The van der Waals surface area contributed by atoms with E-state index in [1.165, 1.54) is 4.79 Å². The molecule has 0 amide bonds. The summed E-state index contributed by atoms with van der Waals surface area (Å²) in [6.45, 7) is 3.73. The van der Waals surface area contributed by atoms with Gasteiger partial charge in [-0.05, 0) is 13.8 Å². The summed E-state index contributed by atoms with van der Waals surface area (Å²) >= 11 is 0. The lowest BCUT2D eigenvalue weighted by Crippen LogP contribution is -2.08. The zero-order chi connectivity index (χ0) is 8.72. The fraction of sp³-hybridized carbons (Fsp3) is 0.429. The first kappa shape index (κ1) is 7.15. The van der Waals surface area contributed by atoms with E-state index in [-0.39, 0.29) is 0 Å². The molecular weight excluding hydrogens is 154 g/mol. The maximum Gasteiger partial charge on any atom is 0.203 e. The van der Waals surface area contributed by atoms with Crippen molar-refractivity contribution in [2.24, 2.45) is 10.1 Å². The van der Waals surface area contributed by atoms with E-state index in [4.69, 9.17) is 0 Å². The lowest BCUT2D eigenvalue weighted by Gasteiger charge is -1.89. The fourth-order valence-corrected chi connectivity index (χ4v) is 1.24. The fourth-order valence-electron chi connectivity index (χ4n) is 1.24. The van der Waals surface area contributed by atoms with Crippen molar-refractivity contribution in [2.75, 3.05) is 7.05 Å². The van der Waals surface area contributed by atoms with E-state index in [0.29, 0.717) is 0 Å². The van der Waals surface area contributed by atoms with E-state index in [1.54, 1.807) is 7.05 Å². The van der Waals surface area contributed by atoms with E-state index < -0.39 is 0 Å². The van der Waals surface area contributed by atoms with Crippen molar-refractivity contribution in [3.63, 3.8) is 0 Å². The number of fused-ring (bicyclic) bond motifs is 1. The number of hydrogen-bond donors (Lipinski definition) is 0. The van der Waals surface area contributed by atoms with Gasteiger partial charge in [0, 0.05) is 7.05 Å². The molecule has 0 unspecified atom stereocenters. The second-order valence-corrected chi connectivity index (χ2v) is 2.63. The van der Waals surface area contributed by atoms with E-state index >= 15 is 0 Å². The molecule has 5 nitrogen and oxygen atoms in total. The maximum atomic E-state index is 4.20. The number of aromatic nitrogens is 3. The van der Waals surface area contributed by atoms with Gasteiger partial charge < -0.3 is 0 Å². The number of aliphatic imine (C=N–C) groups is 1. The van der Waals surface area contributed by atoms with Gasteiger partial charge in [-0.2, -0.15) is 5.10 Å². The Morgan fingerprint density at radius 3 is 2.75 bits per heavy atom. The van der Waals surface area contributed by atoms with Gasteiger partial charge in [0.1, 0.15) is 5.71 Å². The second-order valence-electron chi connectivity index (χ2n) is 2.63. The Bertz CT molecular complexity index is 385. The molecule has 0 radical (unpaired) electrons. The second kappa shape index (κ2) is 2.23. The van der Waals surface area contributed by atoms with Crippen molar-refractivity contribution >= 4 is 11.4 Å². The Labute approximate surface area is 69.8 Å². The average Bonchev–Trinajstić information content (AvgIpc) is 2.43. The molecular formula is C7H9N5. The highest BCUT2D eigenvalue weighted by molar-refractivity contribution is 6.47. The molecule has 2 rings (SSSR count). The zero-order valence-electron chi connectivity index (χ0n) is 7.24. The number of hydrogen-bond acceptors (Lipinski definition) is 4. The van der Waals surface area contributed by atoms with E-state index in [2.05, 4.69) is 20.2 Å². The van der Waals surface area contributed by atoms with Crippen LogP contribution in [-0.4, -0.2) is 33.3 Å². The maximum absolute atomic E-state index is 4.20. The molecule has 5 heteroatoms. The van der Waals surface area contributed by atoms with Gasteiger partial charge in [-0.3, -0.25) is 4.99 Å². The molecule has 0 bridgehead atoms. The topological polar surface area (TPSA) is 55.4 Å². The van der Waals surface area contributed by atoms with Crippen molar-refractivity contribution in [1.82, 2.24) is 14.9 Å². The van der Waals surface area contributed by atoms with Gasteiger partial charge in [-0.25, -0.2) is 4.98 Å². The van der Waals surface area contributed by atoms with Crippen LogP contribution in [0.2, 0.25) is 0 Å². The summed E-state index contributed by atoms with van der Waals surface area (Å²) in [7, 11) is 1.73. The molecule has 1 aliphatic rings. The largest absolute Gasteiger partial charge is 0.283 e. The van der Waals surface area contributed by atoms with E-state index in [1.807, 2.05) is 13.8 Å². The van der Waals surface area contributed by atoms with Gasteiger partial charge in [-0.15, -0.1) is 9.89 Å². The smallest absolute Gasteiger partial charge is 0.203 e. The van der Waals surface area contributed by atoms with Crippen LogP contribution in [0.15, 0.2) is 10.1 Å². The molecule has 0 aromatic carbocycles. The third-order valence-electron chi connectivity index (χ3n) is 1.72. The lowest BCUT2D eigenvalue weighted by molar-refractivity contribution is 0.736. The Hall–Kier alpha value is -1.52. The Balaban J connectivity index is 2.64. The quantitative estimate of drug-likeness (QED) is 0.550. The summed E-state index contributed by atoms with van der Waals surface area (Å²) in [5.74, 6) is 1.47. The highest BCUT2D eigenvalue weighted by Crippen LogP contribution is 2.08. The molecule has 0 fully saturated rings. The molecule has 0 N–H and O–H groups in total. The Kier molecular flexibility index (Phi) is 1.33. The predicted octanol–water partition coefficient (Wildman–Crippen LogP) is 0.243. The summed E-state index contributed by atoms with van der Waals surface area (Å²) < 4.78 is 0. The molecule has 0 atom stereocenters. The van der Waals surface area contributed by atoms with Crippen LogP contribution in [0, 0.1) is 6.92 Å². The first-order chi connectivity index (χ1) is 5.72. The monoisotopic (exact) mass is 163 g/mol. The van der Waals surface area contributed by atoms with Crippen molar-refractivity contribution in [1.29, 1.82) is 0 Å². The minimum Gasteiger partial charge on any atom is -0.283 e. The first-order valence-electron chi connectivity index (χ1n) is 3.69. The first-order valence-corrected chi connectivity index (χ1v) is 3.69. The minimum absolute atomic E-state index is 0.724. The molecule has 0 spiro atoms. The van der Waals surface area contributed by atoms with Crippen LogP contribution in [-0.2, 0) is 0 Å². The van der Waals surface area contributed by atoms with Crippen LogP contribution in [0.5, 0.6) is 0 Å². The molecule has 12 heavy (non-hydrogen) atoms. The Morgan fingerprint density at radius 1 is 1.33 bits per heavy atom. The highest BCUT2D eigenvalue weighted by Gasteiger charge is 2.22. The average molecular weight is 163 g/mol. The lowest BCUT2D eigenvalue weighted by atomic mass is 10.2. The third kappa shape index (κ3) is 0.792. The molecule has 0 aliphatic carbocycles. The Morgan fingerprint density at radius 2 is 2.08 bits per heavy atom. The van der Waals surface area contributed by atoms with Crippen molar-refractivity contribution in [3.05, 3.63) is 11.6 Å². The van der Waals surface area contributed by atoms with E-state index in [9.17, 15) is 0 Å². The van der Waals surface area contributed by atoms with Gasteiger partial charge in [0.25, 0.3) is 0 Å². The van der Waals surface area contributed by atoms with Crippen molar-refractivity contribution in [3.8, 4) is 0 Å². The summed E-state index contributed by atoms with van der Waals surface area (Å²) in [6, 6.07) is 0. The van der Waals surface area contributed by atoms with Gasteiger partial charge >= 0.3 is 0 Å². The van der Waals surface area contributed by atoms with Crippen LogP contribution in [0.25, 0.3) is 0 Å². The van der Waals surface area contributed by atoms with Crippen molar-refractivity contribution in [2.45, 2.75) is 13.8 Å². The number of nitrogens with zero attached hydrogens (tertiary/aromatic N) is 5. The molecule has 0 saturated carbocycles. The molecule has 2 heterocycles. The SMILES string of the molecule is CN=C1C(C)=Nn2nc(C)nc21. The molecule has 0 saturated heterocycles. The standard InChI is InChI=1S/C7H9N5/c1-4-6(8-3)7-9-5(2)11-12(7)10-4/h1-3H3. The van der Waals surface area contributed by atoms with Crippen LogP contribution >= 0.6 is 0 Å². The molecule has 62 valence electrons. The minimum atomic E-state index is 0.724. The summed E-state index contributed by atoms with van der Waals surface area (Å²) in [6.07, 6.45) is 0. The van der Waals surface area contributed by atoms with Gasteiger partial charge in [0.2, 0.25) is 5.82 Å². The summed E-state index contributed by atoms with van der Waals surface area (Å²) in [4.78, 5) is 9.81. The third-order valence-corrected chi connectivity index (χ3v) is 1.72. The summed E-state index contributed by atoms with van der Waals surface area (Å²) in [5, 5.41) is 8.23. The van der Waals surface area contributed by atoms with E-state index in [0.717, 1.165) is 23.1 Å². The van der Waals surface area contributed by atoms with Gasteiger partial charge in [0.15, 0.2) is 5.82 Å². The zero-order valence-corrected chi connectivity index (χ0v) is 7.24. The van der Waals surface area contributed by atoms with Crippen LogP contribution in [0.3, 0.4) is 0 Å². The molecule has 1 aromatic heterocycles. The normalized spacial score (nSPS) is 18.2. The van der Waals surface area contributed by atoms with Crippen LogP contribution < -0.4 is 0 Å². The van der Waals surface area contributed by atoms with Gasteiger partial charge in [0.05, 0.1) is 5.71 Å². The van der Waals surface area contributed by atoms with Crippen LogP contribution in [0.4, 0.5) is 0 Å². The molecule has 1 aromatic rings. The summed E-state index contributed by atoms with van der Waals surface area (Å²) in [5.41, 5.74) is 1.70. The van der Waals surface area contributed by atoms with Crippen molar-refractivity contribution < 1.29 is 0 Å².